The zero-order valence-corrected chi connectivity index (χ0v) is 11.4. The maximum atomic E-state index is 11.7. The summed E-state index contributed by atoms with van der Waals surface area (Å²) in [4.78, 5) is 20.9. The van der Waals surface area contributed by atoms with Crippen molar-refractivity contribution in [1.82, 2.24) is 9.97 Å². The second-order valence-electron chi connectivity index (χ2n) is 3.84. The number of aromatic nitrogens is 2. The van der Waals surface area contributed by atoms with E-state index in [0.29, 0.717) is 17.2 Å². The highest BCUT2D eigenvalue weighted by Gasteiger charge is 2.17. The van der Waals surface area contributed by atoms with Gasteiger partial charge >= 0.3 is 5.97 Å². The van der Waals surface area contributed by atoms with E-state index in [1.807, 2.05) is 26.0 Å². The van der Waals surface area contributed by atoms with Crippen LogP contribution < -0.4 is 0 Å². The van der Waals surface area contributed by atoms with Crippen LogP contribution in [0, 0.1) is 13.8 Å². The van der Waals surface area contributed by atoms with Crippen LogP contribution in [-0.4, -0.2) is 22.5 Å². The molecule has 18 heavy (non-hydrogen) atoms. The number of hydrogen-bond acceptors (Lipinski definition) is 5. The molecule has 2 rings (SSSR count). The molecule has 0 radical (unpaired) electrons. The van der Waals surface area contributed by atoms with Gasteiger partial charge in [0.15, 0.2) is 0 Å². The maximum Gasteiger partial charge on any atom is 0.350 e. The average Bonchev–Trinajstić information content (AvgIpc) is 2.72. The Hall–Kier alpha value is -1.75. The molecule has 0 aromatic carbocycles. The molecule has 0 N–H and O–H groups in total. The number of aryl methyl sites for hydroxylation is 2. The number of ether oxygens (including phenoxy) is 1. The predicted octanol–water partition coefficient (Wildman–Crippen LogP) is 3.00. The van der Waals surface area contributed by atoms with Crippen LogP contribution in [0.15, 0.2) is 18.3 Å². The van der Waals surface area contributed by atoms with Crippen molar-refractivity contribution < 1.29 is 9.53 Å². The largest absolute Gasteiger partial charge is 0.462 e. The van der Waals surface area contributed by atoms with Gasteiger partial charge < -0.3 is 4.74 Å². The summed E-state index contributed by atoms with van der Waals surface area (Å²) in [6.07, 6.45) is 1.77. The van der Waals surface area contributed by atoms with E-state index >= 15 is 0 Å². The monoisotopic (exact) mass is 262 g/mol. The molecule has 0 saturated heterocycles. The Morgan fingerprint density at radius 3 is 2.78 bits per heavy atom. The van der Waals surface area contributed by atoms with Gasteiger partial charge in [0.05, 0.1) is 12.3 Å². The minimum atomic E-state index is -0.307. The SMILES string of the molecule is CCOC(=O)c1sc(-c2ccc(C)nc2)nc1C. The molecule has 0 aliphatic rings. The zero-order valence-electron chi connectivity index (χ0n) is 10.6. The Morgan fingerprint density at radius 2 is 2.17 bits per heavy atom. The molecular weight excluding hydrogens is 248 g/mol. The number of carbonyl (C=O) groups is 1. The second-order valence-corrected chi connectivity index (χ2v) is 4.84. The third kappa shape index (κ3) is 2.56. The molecule has 0 unspecified atom stereocenters. The lowest BCUT2D eigenvalue weighted by molar-refractivity contribution is 0.0531. The summed E-state index contributed by atoms with van der Waals surface area (Å²) in [5.74, 6) is -0.307. The molecule has 0 amide bonds. The van der Waals surface area contributed by atoms with Gasteiger partial charge in [0.25, 0.3) is 0 Å². The fourth-order valence-electron chi connectivity index (χ4n) is 1.50. The normalized spacial score (nSPS) is 10.4. The summed E-state index contributed by atoms with van der Waals surface area (Å²) in [7, 11) is 0. The standard InChI is InChI=1S/C13H14N2O2S/c1-4-17-13(16)11-9(3)15-12(18-11)10-6-5-8(2)14-7-10/h5-7H,4H2,1-3H3. The average molecular weight is 262 g/mol. The highest BCUT2D eigenvalue weighted by Crippen LogP contribution is 2.27. The van der Waals surface area contributed by atoms with E-state index in [1.54, 1.807) is 13.1 Å². The zero-order chi connectivity index (χ0) is 13.1. The summed E-state index contributed by atoms with van der Waals surface area (Å²) in [5.41, 5.74) is 2.58. The number of nitrogens with zero attached hydrogens (tertiary/aromatic N) is 2. The summed E-state index contributed by atoms with van der Waals surface area (Å²) in [6, 6.07) is 3.88. The lowest BCUT2D eigenvalue weighted by atomic mass is 10.2. The van der Waals surface area contributed by atoms with Gasteiger partial charge in [0, 0.05) is 17.5 Å². The van der Waals surface area contributed by atoms with Crippen LogP contribution in [-0.2, 0) is 4.74 Å². The molecule has 0 fully saturated rings. The van der Waals surface area contributed by atoms with Crippen LogP contribution in [0.5, 0.6) is 0 Å². The van der Waals surface area contributed by atoms with Crippen LogP contribution in [0.2, 0.25) is 0 Å². The highest BCUT2D eigenvalue weighted by molar-refractivity contribution is 7.17. The van der Waals surface area contributed by atoms with Crippen molar-refractivity contribution in [2.24, 2.45) is 0 Å². The first kappa shape index (κ1) is 12.7. The molecular formula is C13H14N2O2S. The molecule has 2 heterocycles. The minimum absolute atomic E-state index is 0.307. The van der Waals surface area contributed by atoms with Crippen molar-refractivity contribution in [3.05, 3.63) is 34.6 Å². The molecule has 0 spiro atoms. The summed E-state index contributed by atoms with van der Waals surface area (Å²) in [5, 5.41) is 0.794. The fraction of sp³-hybridized carbons (Fsp3) is 0.308. The highest BCUT2D eigenvalue weighted by atomic mass is 32.1. The van der Waals surface area contributed by atoms with Crippen LogP contribution in [0.4, 0.5) is 0 Å². The first-order valence-electron chi connectivity index (χ1n) is 5.69. The molecule has 0 bridgehead atoms. The van der Waals surface area contributed by atoms with Crippen molar-refractivity contribution in [3.8, 4) is 10.6 Å². The van der Waals surface area contributed by atoms with Crippen molar-refractivity contribution in [2.75, 3.05) is 6.61 Å². The molecule has 4 nitrogen and oxygen atoms in total. The van der Waals surface area contributed by atoms with Crippen molar-refractivity contribution in [3.63, 3.8) is 0 Å². The maximum absolute atomic E-state index is 11.7. The van der Waals surface area contributed by atoms with Gasteiger partial charge in [0.1, 0.15) is 9.88 Å². The van der Waals surface area contributed by atoms with Crippen molar-refractivity contribution >= 4 is 17.3 Å². The van der Waals surface area contributed by atoms with Gasteiger partial charge in [-0.15, -0.1) is 11.3 Å². The van der Waals surface area contributed by atoms with E-state index in [9.17, 15) is 4.79 Å². The number of thiazole rings is 1. The molecule has 0 aliphatic heterocycles. The third-order valence-corrected chi connectivity index (χ3v) is 3.60. The van der Waals surface area contributed by atoms with E-state index in [0.717, 1.165) is 16.3 Å². The van der Waals surface area contributed by atoms with E-state index in [-0.39, 0.29) is 5.97 Å². The van der Waals surface area contributed by atoms with Gasteiger partial charge in [-0.3, -0.25) is 4.98 Å². The van der Waals surface area contributed by atoms with Crippen LogP contribution in [0.3, 0.4) is 0 Å². The van der Waals surface area contributed by atoms with Crippen LogP contribution in [0.25, 0.3) is 10.6 Å². The molecule has 0 atom stereocenters. The molecule has 0 aliphatic carbocycles. The van der Waals surface area contributed by atoms with E-state index in [4.69, 9.17) is 4.74 Å². The van der Waals surface area contributed by atoms with Crippen LogP contribution in [0.1, 0.15) is 28.0 Å². The third-order valence-electron chi connectivity index (χ3n) is 2.42. The van der Waals surface area contributed by atoms with Crippen molar-refractivity contribution in [1.29, 1.82) is 0 Å². The van der Waals surface area contributed by atoms with Gasteiger partial charge in [-0.2, -0.15) is 0 Å². The lowest BCUT2D eigenvalue weighted by Crippen LogP contribution is -2.03. The Morgan fingerprint density at radius 1 is 1.39 bits per heavy atom. The molecule has 0 saturated carbocycles. The Bertz CT molecular complexity index is 561. The minimum Gasteiger partial charge on any atom is -0.462 e. The molecule has 94 valence electrons. The first-order chi connectivity index (χ1) is 8.61. The molecule has 2 aromatic heterocycles. The topological polar surface area (TPSA) is 52.1 Å². The van der Waals surface area contributed by atoms with Crippen molar-refractivity contribution in [2.45, 2.75) is 20.8 Å². The number of carbonyl (C=O) groups excluding carboxylic acids is 1. The van der Waals surface area contributed by atoms with E-state index in [2.05, 4.69) is 9.97 Å². The lowest BCUT2D eigenvalue weighted by Gasteiger charge is -1.97. The Balaban J connectivity index is 2.34. The van der Waals surface area contributed by atoms with Gasteiger partial charge in [-0.25, -0.2) is 9.78 Å². The predicted molar refractivity (Wildman–Crippen MR) is 70.8 cm³/mol. The second kappa shape index (κ2) is 5.27. The number of esters is 1. The number of pyridine rings is 1. The molecule has 2 aromatic rings. The smallest absolute Gasteiger partial charge is 0.350 e. The Labute approximate surface area is 110 Å². The fourth-order valence-corrected chi connectivity index (χ4v) is 2.45. The summed E-state index contributed by atoms with van der Waals surface area (Å²) in [6.45, 7) is 5.91. The number of hydrogen-bond donors (Lipinski definition) is 0. The van der Waals surface area contributed by atoms with E-state index in [1.165, 1.54) is 11.3 Å². The first-order valence-corrected chi connectivity index (χ1v) is 6.51. The number of rotatable bonds is 3. The van der Waals surface area contributed by atoms with Gasteiger partial charge in [0.2, 0.25) is 0 Å². The van der Waals surface area contributed by atoms with Crippen LogP contribution >= 0.6 is 11.3 Å². The molecule has 5 heteroatoms. The quantitative estimate of drug-likeness (QED) is 0.798. The van der Waals surface area contributed by atoms with E-state index < -0.39 is 0 Å². The summed E-state index contributed by atoms with van der Waals surface area (Å²) >= 11 is 1.34. The Kier molecular flexibility index (Phi) is 3.72. The van der Waals surface area contributed by atoms with Gasteiger partial charge in [-0.05, 0) is 32.9 Å². The van der Waals surface area contributed by atoms with Gasteiger partial charge in [-0.1, -0.05) is 0 Å². The summed E-state index contributed by atoms with van der Waals surface area (Å²) < 4.78 is 4.99.